The monoisotopic (exact) mass is 428 g/mol. The van der Waals surface area contributed by atoms with E-state index in [1.807, 2.05) is 13.8 Å². The van der Waals surface area contributed by atoms with Crippen molar-refractivity contribution in [1.82, 2.24) is 0 Å². The summed E-state index contributed by atoms with van der Waals surface area (Å²) in [5.74, 6) is 1.33. The van der Waals surface area contributed by atoms with Crippen LogP contribution >= 0.6 is 22.7 Å². The quantitative estimate of drug-likeness (QED) is 0.383. The van der Waals surface area contributed by atoms with Gasteiger partial charge in [0.2, 0.25) is 0 Å². The first-order chi connectivity index (χ1) is 14.0. The van der Waals surface area contributed by atoms with Crippen molar-refractivity contribution in [3.63, 3.8) is 0 Å². The summed E-state index contributed by atoms with van der Waals surface area (Å²) in [6.45, 7) is 8.22. The van der Waals surface area contributed by atoms with Crippen molar-refractivity contribution in [2.24, 2.45) is 0 Å². The second-order valence-corrected chi connectivity index (χ2v) is 10.3. The van der Waals surface area contributed by atoms with E-state index in [1.165, 1.54) is 32.0 Å². The molecule has 2 N–H and O–H groups in total. The third kappa shape index (κ3) is 2.63. The second-order valence-electron chi connectivity index (χ2n) is 7.81. The van der Waals surface area contributed by atoms with E-state index in [-0.39, 0.29) is 13.2 Å². The maximum atomic E-state index is 9.64. The Hall–Kier alpha value is -1.86. The van der Waals surface area contributed by atoms with Crippen molar-refractivity contribution in [3.05, 3.63) is 43.5 Å². The standard InChI is InChI=1S/C23H24O4S2/c1-10-16(8-24)26-20-18(12(3)28-22(10)20)14-6-5-7-15(14)19-13(4)29-23-11(2)17(9-25)27-21(19)23/h24-25H,5-9H2,1-4H3. The van der Waals surface area contributed by atoms with Crippen LogP contribution in [0.3, 0.4) is 0 Å². The highest BCUT2D eigenvalue weighted by Gasteiger charge is 2.29. The fraction of sp³-hybridized carbons (Fsp3) is 0.391. The van der Waals surface area contributed by atoms with Gasteiger partial charge in [0.25, 0.3) is 0 Å². The van der Waals surface area contributed by atoms with Gasteiger partial charge >= 0.3 is 0 Å². The molecular weight excluding hydrogens is 404 g/mol. The Morgan fingerprint density at radius 3 is 1.52 bits per heavy atom. The molecule has 0 saturated carbocycles. The van der Waals surface area contributed by atoms with Crippen LogP contribution in [0, 0.1) is 27.7 Å². The lowest BCUT2D eigenvalue weighted by atomic mass is 9.97. The van der Waals surface area contributed by atoms with Crippen LogP contribution in [0.2, 0.25) is 0 Å². The van der Waals surface area contributed by atoms with Gasteiger partial charge in [-0.15, -0.1) is 22.7 Å². The fourth-order valence-electron chi connectivity index (χ4n) is 4.69. The molecule has 152 valence electrons. The second kappa shape index (κ2) is 6.84. The summed E-state index contributed by atoms with van der Waals surface area (Å²) >= 11 is 3.51. The summed E-state index contributed by atoms with van der Waals surface area (Å²) in [5, 5.41) is 19.3. The van der Waals surface area contributed by atoms with Crippen molar-refractivity contribution in [1.29, 1.82) is 0 Å². The average Bonchev–Trinajstić information content (AvgIpc) is 3.47. The molecule has 0 aromatic carbocycles. The van der Waals surface area contributed by atoms with Crippen LogP contribution in [0.25, 0.3) is 31.7 Å². The summed E-state index contributed by atoms with van der Waals surface area (Å²) < 4.78 is 14.5. The zero-order valence-corrected chi connectivity index (χ0v) is 18.7. The van der Waals surface area contributed by atoms with Crippen molar-refractivity contribution in [3.8, 4) is 0 Å². The van der Waals surface area contributed by atoms with E-state index in [1.54, 1.807) is 22.7 Å². The third-order valence-electron chi connectivity index (χ3n) is 6.16. The first-order valence-corrected chi connectivity index (χ1v) is 11.6. The first-order valence-electron chi connectivity index (χ1n) is 9.93. The lowest BCUT2D eigenvalue weighted by molar-refractivity contribution is 0.249. The number of rotatable bonds is 4. The molecule has 4 aromatic rings. The summed E-state index contributed by atoms with van der Waals surface area (Å²) in [4.78, 5) is 2.52. The van der Waals surface area contributed by atoms with Gasteiger partial charge in [-0.1, -0.05) is 0 Å². The topological polar surface area (TPSA) is 66.7 Å². The van der Waals surface area contributed by atoms with Gasteiger partial charge in [0.15, 0.2) is 11.2 Å². The maximum Gasteiger partial charge on any atom is 0.153 e. The van der Waals surface area contributed by atoms with Crippen LogP contribution in [0.4, 0.5) is 0 Å². The summed E-state index contributed by atoms with van der Waals surface area (Å²) in [7, 11) is 0. The van der Waals surface area contributed by atoms with Crippen LogP contribution in [0.5, 0.6) is 0 Å². The minimum Gasteiger partial charge on any atom is -0.457 e. The zero-order valence-electron chi connectivity index (χ0n) is 17.1. The Morgan fingerprint density at radius 2 is 1.14 bits per heavy atom. The number of hydrogen-bond acceptors (Lipinski definition) is 6. The van der Waals surface area contributed by atoms with Gasteiger partial charge in [-0.2, -0.15) is 0 Å². The first kappa shape index (κ1) is 19.1. The largest absolute Gasteiger partial charge is 0.457 e. The normalized spacial score (nSPS) is 15.0. The molecule has 0 spiro atoms. The molecule has 4 aromatic heterocycles. The number of hydrogen-bond donors (Lipinski definition) is 2. The molecule has 5 rings (SSSR count). The van der Waals surface area contributed by atoms with E-state index >= 15 is 0 Å². The highest BCUT2D eigenvalue weighted by atomic mass is 32.1. The lowest BCUT2D eigenvalue weighted by Gasteiger charge is -2.08. The summed E-state index contributed by atoms with van der Waals surface area (Å²) in [6.07, 6.45) is 3.14. The summed E-state index contributed by atoms with van der Waals surface area (Å²) in [5.41, 5.74) is 9.01. The lowest BCUT2D eigenvalue weighted by Crippen LogP contribution is -1.88. The smallest absolute Gasteiger partial charge is 0.153 e. The van der Waals surface area contributed by atoms with Gasteiger partial charge in [0.1, 0.15) is 24.7 Å². The van der Waals surface area contributed by atoms with E-state index in [0.717, 1.165) is 51.0 Å². The Balaban J connectivity index is 1.79. The highest BCUT2D eigenvalue weighted by molar-refractivity contribution is 7.20. The van der Waals surface area contributed by atoms with Gasteiger partial charge in [-0.3, -0.25) is 0 Å². The van der Waals surface area contributed by atoms with Gasteiger partial charge < -0.3 is 19.0 Å². The van der Waals surface area contributed by atoms with Crippen molar-refractivity contribution < 1.29 is 19.0 Å². The summed E-state index contributed by atoms with van der Waals surface area (Å²) in [6, 6.07) is 0. The van der Waals surface area contributed by atoms with E-state index < -0.39 is 0 Å². The number of aryl methyl sites for hydroxylation is 4. The van der Waals surface area contributed by atoms with Gasteiger partial charge in [0.05, 0.1) is 9.40 Å². The molecule has 1 aliphatic carbocycles. The van der Waals surface area contributed by atoms with Gasteiger partial charge in [-0.05, 0) is 58.1 Å². The van der Waals surface area contributed by atoms with E-state index in [9.17, 15) is 10.2 Å². The van der Waals surface area contributed by atoms with Crippen molar-refractivity contribution in [2.45, 2.75) is 60.2 Å². The predicted octanol–water partition coefficient (Wildman–Crippen LogP) is 6.61. The number of aliphatic hydroxyl groups is 2. The molecule has 0 saturated heterocycles. The fourth-order valence-corrected chi connectivity index (χ4v) is 6.94. The van der Waals surface area contributed by atoms with Crippen LogP contribution in [0.1, 0.15) is 62.8 Å². The molecule has 0 atom stereocenters. The molecule has 4 nitrogen and oxygen atoms in total. The van der Waals surface area contributed by atoms with Crippen molar-refractivity contribution >= 4 is 54.4 Å². The molecular formula is C23H24O4S2. The van der Waals surface area contributed by atoms with Crippen molar-refractivity contribution in [2.75, 3.05) is 0 Å². The minimum atomic E-state index is -0.0719. The molecule has 1 aliphatic rings. The van der Waals surface area contributed by atoms with E-state index in [2.05, 4.69) is 13.8 Å². The molecule has 0 amide bonds. The Labute approximate surface area is 177 Å². The Bertz CT molecular complexity index is 1190. The number of thiophene rings is 2. The SMILES string of the molecule is Cc1sc2c(C)c(CO)oc2c1C1=C(c2c(C)sc3c(C)c(CO)oc23)CCC1. The number of allylic oxidation sites excluding steroid dienone is 2. The van der Waals surface area contributed by atoms with Crippen LogP contribution in [-0.4, -0.2) is 10.2 Å². The minimum absolute atomic E-state index is 0.0719. The number of aliphatic hydroxyl groups excluding tert-OH is 2. The molecule has 0 fully saturated rings. The molecule has 29 heavy (non-hydrogen) atoms. The van der Waals surface area contributed by atoms with Gasteiger partial charge in [-0.25, -0.2) is 0 Å². The molecule has 0 aliphatic heterocycles. The highest BCUT2D eigenvalue weighted by Crippen LogP contribution is 2.51. The molecule has 4 heterocycles. The zero-order chi connectivity index (χ0) is 20.4. The van der Waals surface area contributed by atoms with Crippen LogP contribution < -0.4 is 0 Å². The predicted molar refractivity (Wildman–Crippen MR) is 120 cm³/mol. The van der Waals surface area contributed by atoms with E-state index in [4.69, 9.17) is 8.83 Å². The van der Waals surface area contributed by atoms with E-state index in [0.29, 0.717) is 11.5 Å². The Kier molecular flexibility index (Phi) is 4.51. The number of furan rings is 2. The van der Waals surface area contributed by atoms with Crippen LogP contribution in [0.15, 0.2) is 8.83 Å². The van der Waals surface area contributed by atoms with Crippen LogP contribution in [-0.2, 0) is 13.2 Å². The Morgan fingerprint density at radius 1 is 0.724 bits per heavy atom. The molecule has 0 bridgehead atoms. The maximum absolute atomic E-state index is 9.64. The number of fused-ring (bicyclic) bond motifs is 2. The molecule has 0 radical (unpaired) electrons. The average molecular weight is 429 g/mol. The molecule has 6 heteroatoms. The third-order valence-corrected chi connectivity index (χ3v) is 8.57. The molecule has 0 unspecified atom stereocenters. The van der Waals surface area contributed by atoms with Gasteiger partial charge in [0, 0.05) is 32.0 Å².